The lowest BCUT2D eigenvalue weighted by Crippen LogP contribution is -1.96. The van der Waals surface area contributed by atoms with Crippen LogP contribution in [-0.4, -0.2) is 14.4 Å². The van der Waals surface area contributed by atoms with Gasteiger partial charge in [0.15, 0.2) is 0 Å². The van der Waals surface area contributed by atoms with Crippen LogP contribution in [0.4, 0.5) is 0 Å². The summed E-state index contributed by atoms with van der Waals surface area (Å²) in [6.07, 6.45) is 1.98. The van der Waals surface area contributed by atoms with E-state index in [4.69, 9.17) is 4.74 Å². The van der Waals surface area contributed by atoms with E-state index >= 15 is 0 Å². The number of ether oxygens (including phenoxy) is 1. The minimum atomic E-state index is 0.394. The fourth-order valence-electron chi connectivity index (χ4n) is 2.97. The molecule has 2 aromatic carbocycles. The third-order valence-corrected chi connectivity index (χ3v) is 4.85. The van der Waals surface area contributed by atoms with E-state index in [1.54, 1.807) is 0 Å². The standard InChI is InChI=1S/C21H18BrN3O/c1-14-10-15(2)25-12-18(24-21(25)23-14)13-26-20-9-8-17(11-19(20)22)16-6-4-3-5-7-16/h3-12H,13H2,1-2H3. The number of aromatic nitrogens is 3. The zero-order valence-corrected chi connectivity index (χ0v) is 16.2. The highest BCUT2D eigenvalue weighted by atomic mass is 79.9. The van der Waals surface area contributed by atoms with Gasteiger partial charge in [0, 0.05) is 17.6 Å². The van der Waals surface area contributed by atoms with E-state index in [1.807, 2.05) is 54.8 Å². The van der Waals surface area contributed by atoms with Crippen LogP contribution in [0.15, 0.2) is 65.3 Å². The molecule has 0 aliphatic rings. The van der Waals surface area contributed by atoms with Gasteiger partial charge in [0.05, 0.1) is 10.2 Å². The molecule has 0 N–H and O–H groups in total. The molecule has 26 heavy (non-hydrogen) atoms. The molecule has 0 fully saturated rings. The van der Waals surface area contributed by atoms with Crippen molar-refractivity contribution in [2.45, 2.75) is 20.5 Å². The van der Waals surface area contributed by atoms with Crippen molar-refractivity contribution in [3.63, 3.8) is 0 Å². The van der Waals surface area contributed by atoms with Gasteiger partial charge in [-0.25, -0.2) is 9.97 Å². The quantitative estimate of drug-likeness (QED) is 0.457. The molecule has 0 spiro atoms. The number of fused-ring (bicyclic) bond motifs is 1. The number of benzene rings is 2. The number of imidazole rings is 1. The molecule has 5 heteroatoms. The van der Waals surface area contributed by atoms with Gasteiger partial charge in [0.1, 0.15) is 12.4 Å². The van der Waals surface area contributed by atoms with Crippen molar-refractivity contribution in [2.75, 3.05) is 0 Å². The van der Waals surface area contributed by atoms with Crippen molar-refractivity contribution in [1.29, 1.82) is 0 Å². The van der Waals surface area contributed by atoms with Gasteiger partial charge < -0.3 is 4.74 Å². The molecule has 2 aromatic heterocycles. The lowest BCUT2D eigenvalue weighted by molar-refractivity contribution is 0.300. The Labute approximate surface area is 160 Å². The Morgan fingerprint density at radius 1 is 0.962 bits per heavy atom. The molecule has 4 nitrogen and oxygen atoms in total. The SMILES string of the molecule is Cc1cc(C)n2cc(COc3ccc(-c4ccccc4)cc3Br)nc2n1. The lowest BCUT2D eigenvalue weighted by atomic mass is 10.1. The van der Waals surface area contributed by atoms with Crippen molar-refractivity contribution in [2.24, 2.45) is 0 Å². The number of rotatable bonds is 4. The molecule has 0 aliphatic heterocycles. The summed E-state index contributed by atoms with van der Waals surface area (Å²) in [5, 5.41) is 0. The van der Waals surface area contributed by atoms with Crippen molar-refractivity contribution >= 4 is 21.7 Å². The number of hydrogen-bond donors (Lipinski definition) is 0. The minimum Gasteiger partial charge on any atom is -0.486 e. The van der Waals surface area contributed by atoms with Crippen LogP contribution >= 0.6 is 15.9 Å². The van der Waals surface area contributed by atoms with Crippen molar-refractivity contribution in [3.05, 3.63) is 82.3 Å². The molecule has 0 atom stereocenters. The van der Waals surface area contributed by atoms with Crippen LogP contribution in [0.2, 0.25) is 0 Å². The minimum absolute atomic E-state index is 0.394. The van der Waals surface area contributed by atoms with Gasteiger partial charge in [-0.15, -0.1) is 0 Å². The first-order valence-corrected chi connectivity index (χ1v) is 9.19. The Kier molecular flexibility index (Phi) is 4.47. The Morgan fingerprint density at radius 2 is 1.77 bits per heavy atom. The highest BCUT2D eigenvalue weighted by molar-refractivity contribution is 9.10. The van der Waals surface area contributed by atoms with Gasteiger partial charge in [-0.3, -0.25) is 4.40 Å². The molecule has 0 unspecified atom stereocenters. The molecule has 0 saturated carbocycles. The van der Waals surface area contributed by atoms with Gasteiger partial charge in [0.2, 0.25) is 5.78 Å². The smallest absolute Gasteiger partial charge is 0.234 e. The summed E-state index contributed by atoms with van der Waals surface area (Å²) in [4.78, 5) is 9.02. The Morgan fingerprint density at radius 3 is 2.54 bits per heavy atom. The third-order valence-electron chi connectivity index (χ3n) is 4.23. The highest BCUT2D eigenvalue weighted by Crippen LogP contribution is 2.31. The molecule has 0 bridgehead atoms. The average Bonchev–Trinajstić information content (AvgIpc) is 3.04. The molecular formula is C21H18BrN3O. The van der Waals surface area contributed by atoms with Crippen LogP contribution in [0.1, 0.15) is 17.1 Å². The predicted octanol–water partition coefficient (Wildman–Crippen LogP) is 5.35. The molecule has 0 aliphatic carbocycles. The average molecular weight is 408 g/mol. The second kappa shape index (κ2) is 6.92. The van der Waals surface area contributed by atoms with Crippen LogP contribution in [0.5, 0.6) is 5.75 Å². The fourth-order valence-corrected chi connectivity index (χ4v) is 3.46. The van der Waals surface area contributed by atoms with Crippen molar-refractivity contribution in [3.8, 4) is 16.9 Å². The van der Waals surface area contributed by atoms with Gasteiger partial charge in [0.25, 0.3) is 0 Å². The molecule has 0 saturated heterocycles. The van der Waals surface area contributed by atoms with E-state index in [0.717, 1.165) is 32.9 Å². The van der Waals surface area contributed by atoms with Crippen molar-refractivity contribution in [1.82, 2.24) is 14.4 Å². The first-order valence-electron chi connectivity index (χ1n) is 8.40. The molecule has 2 heterocycles. The summed E-state index contributed by atoms with van der Waals surface area (Å²) >= 11 is 3.61. The van der Waals surface area contributed by atoms with Crippen LogP contribution in [-0.2, 0) is 6.61 Å². The molecule has 0 radical (unpaired) electrons. The van der Waals surface area contributed by atoms with E-state index < -0.39 is 0 Å². The van der Waals surface area contributed by atoms with Crippen LogP contribution in [0.25, 0.3) is 16.9 Å². The summed E-state index contributed by atoms with van der Waals surface area (Å²) in [7, 11) is 0. The normalized spacial score (nSPS) is 11.0. The largest absolute Gasteiger partial charge is 0.486 e. The maximum Gasteiger partial charge on any atom is 0.234 e. The van der Waals surface area contributed by atoms with Gasteiger partial charge in [-0.2, -0.15) is 0 Å². The Bertz CT molecular complexity index is 1070. The van der Waals surface area contributed by atoms with E-state index in [2.05, 4.69) is 50.2 Å². The summed E-state index contributed by atoms with van der Waals surface area (Å²) in [5.74, 6) is 1.50. The molecule has 4 aromatic rings. The third kappa shape index (κ3) is 3.35. The second-order valence-electron chi connectivity index (χ2n) is 6.24. The first-order chi connectivity index (χ1) is 12.6. The van der Waals surface area contributed by atoms with Crippen LogP contribution < -0.4 is 4.74 Å². The zero-order chi connectivity index (χ0) is 18.1. The van der Waals surface area contributed by atoms with Crippen molar-refractivity contribution < 1.29 is 4.74 Å². The number of hydrogen-bond acceptors (Lipinski definition) is 3. The highest BCUT2D eigenvalue weighted by Gasteiger charge is 2.09. The fraction of sp³-hybridized carbons (Fsp3) is 0.143. The summed E-state index contributed by atoms with van der Waals surface area (Å²) < 4.78 is 8.87. The Balaban J connectivity index is 1.54. The zero-order valence-electron chi connectivity index (χ0n) is 14.6. The van der Waals surface area contributed by atoms with E-state index in [1.165, 1.54) is 5.56 Å². The van der Waals surface area contributed by atoms with E-state index in [0.29, 0.717) is 12.4 Å². The second-order valence-corrected chi connectivity index (χ2v) is 7.10. The van der Waals surface area contributed by atoms with Gasteiger partial charge >= 0.3 is 0 Å². The van der Waals surface area contributed by atoms with Gasteiger partial charge in [-0.05, 0) is 59.1 Å². The summed E-state index contributed by atoms with van der Waals surface area (Å²) in [5.41, 5.74) is 5.25. The van der Waals surface area contributed by atoms with Gasteiger partial charge in [-0.1, -0.05) is 36.4 Å². The molecular weight excluding hydrogens is 390 g/mol. The van der Waals surface area contributed by atoms with Crippen LogP contribution in [0, 0.1) is 13.8 Å². The monoisotopic (exact) mass is 407 g/mol. The first kappa shape index (κ1) is 16.8. The number of aryl methyl sites for hydroxylation is 2. The predicted molar refractivity (Wildman–Crippen MR) is 106 cm³/mol. The molecule has 4 rings (SSSR count). The van der Waals surface area contributed by atoms with E-state index in [9.17, 15) is 0 Å². The summed E-state index contributed by atoms with van der Waals surface area (Å²) in [6, 6.07) is 18.4. The maximum absolute atomic E-state index is 5.96. The lowest BCUT2D eigenvalue weighted by Gasteiger charge is -2.09. The molecule has 0 amide bonds. The Hall–Kier alpha value is -2.66. The van der Waals surface area contributed by atoms with E-state index in [-0.39, 0.29) is 0 Å². The number of nitrogens with zero attached hydrogens (tertiary/aromatic N) is 3. The number of halogens is 1. The topological polar surface area (TPSA) is 39.4 Å². The summed E-state index contributed by atoms with van der Waals surface area (Å²) in [6.45, 7) is 4.42. The maximum atomic E-state index is 5.96. The van der Waals surface area contributed by atoms with Crippen LogP contribution in [0.3, 0.4) is 0 Å². The molecule has 130 valence electrons.